The van der Waals surface area contributed by atoms with Crippen molar-refractivity contribution in [1.29, 1.82) is 0 Å². The van der Waals surface area contributed by atoms with Crippen LogP contribution < -0.4 is 5.32 Å². The molecule has 3 heterocycles. The zero-order chi connectivity index (χ0) is 23.7. The van der Waals surface area contributed by atoms with Crippen LogP contribution in [-0.4, -0.2) is 40.5 Å². The van der Waals surface area contributed by atoms with Crippen molar-refractivity contribution in [1.82, 2.24) is 15.2 Å². The number of para-hydroxylation sites is 1. The number of rotatable bonds is 7. The monoisotopic (exact) mass is 477 g/mol. The van der Waals surface area contributed by atoms with Crippen LogP contribution in [0.5, 0.6) is 0 Å². The Morgan fingerprint density at radius 1 is 1.24 bits per heavy atom. The number of nitrogens with zero attached hydrogens (tertiary/aromatic N) is 2. The van der Waals surface area contributed by atoms with E-state index in [9.17, 15) is 9.90 Å². The quantitative estimate of drug-likeness (QED) is 0.378. The fourth-order valence-electron chi connectivity index (χ4n) is 4.65. The van der Waals surface area contributed by atoms with Crippen molar-refractivity contribution in [3.8, 4) is 0 Å². The minimum absolute atomic E-state index is 0.267. The lowest BCUT2D eigenvalue weighted by molar-refractivity contribution is -0.0283. The maximum atomic E-state index is 12.7. The summed E-state index contributed by atoms with van der Waals surface area (Å²) in [6.45, 7) is 7.73. The number of hydrogen-bond acceptors (Lipinski definition) is 6. The third-order valence-electron chi connectivity index (χ3n) is 6.97. The summed E-state index contributed by atoms with van der Waals surface area (Å²) in [6.07, 6.45) is 2.60. The molecule has 1 saturated heterocycles. The number of carbonyl (C=O) groups excluding carboxylic acids is 1. The standard InChI is InChI=1S/C27H31N3O3S/c1-3-18(2)17-30-12-10-27(32,11-13-30)20-8-9-22-19(14-20)15-23(33-22)26(31)28-16-25-29-21-6-4-5-7-24(21)34-25/h4-9,14-15,18,32H,3,10-13,16-17H2,1-2H3,(H,28,31). The highest BCUT2D eigenvalue weighted by atomic mass is 32.1. The zero-order valence-corrected chi connectivity index (χ0v) is 20.5. The van der Waals surface area contributed by atoms with Gasteiger partial charge in [-0.1, -0.05) is 38.5 Å². The molecular formula is C27H31N3O3S. The molecule has 0 radical (unpaired) electrons. The second-order valence-electron chi connectivity index (χ2n) is 9.47. The van der Waals surface area contributed by atoms with E-state index in [0.29, 0.717) is 30.9 Å². The molecular weight excluding hydrogens is 446 g/mol. The lowest BCUT2D eigenvalue weighted by Crippen LogP contribution is -2.43. The Hall–Kier alpha value is -2.74. The molecule has 0 saturated carbocycles. The van der Waals surface area contributed by atoms with Gasteiger partial charge in [-0.05, 0) is 54.7 Å². The van der Waals surface area contributed by atoms with Crippen molar-refractivity contribution in [2.75, 3.05) is 19.6 Å². The second-order valence-corrected chi connectivity index (χ2v) is 10.6. The van der Waals surface area contributed by atoms with Gasteiger partial charge in [-0.25, -0.2) is 4.98 Å². The normalized spacial score (nSPS) is 17.3. The molecule has 4 aromatic rings. The second kappa shape index (κ2) is 9.49. The van der Waals surface area contributed by atoms with E-state index in [0.717, 1.165) is 45.8 Å². The number of aromatic nitrogens is 1. The van der Waals surface area contributed by atoms with E-state index in [1.165, 1.54) is 6.42 Å². The van der Waals surface area contributed by atoms with Crippen molar-refractivity contribution in [2.45, 2.75) is 45.3 Å². The Kier molecular flexibility index (Phi) is 6.42. The van der Waals surface area contributed by atoms with Crippen molar-refractivity contribution >= 4 is 38.4 Å². The van der Waals surface area contributed by atoms with Gasteiger partial charge < -0.3 is 19.7 Å². The average molecular weight is 478 g/mol. The van der Waals surface area contributed by atoms with Crippen molar-refractivity contribution in [3.63, 3.8) is 0 Å². The number of amides is 1. The maximum Gasteiger partial charge on any atom is 0.287 e. The molecule has 6 nitrogen and oxygen atoms in total. The molecule has 178 valence electrons. The minimum Gasteiger partial charge on any atom is -0.451 e. The number of furan rings is 1. The molecule has 34 heavy (non-hydrogen) atoms. The Bertz CT molecular complexity index is 1270. The van der Waals surface area contributed by atoms with Crippen LogP contribution in [0.25, 0.3) is 21.2 Å². The summed E-state index contributed by atoms with van der Waals surface area (Å²) in [4.78, 5) is 19.7. The summed E-state index contributed by atoms with van der Waals surface area (Å²) in [7, 11) is 0. The molecule has 7 heteroatoms. The van der Waals surface area contributed by atoms with Crippen LogP contribution in [0.15, 0.2) is 52.9 Å². The Balaban J connectivity index is 1.25. The van der Waals surface area contributed by atoms with E-state index in [1.807, 2.05) is 42.5 Å². The van der Waals surface area contributed by atoms with Gasteiger partial charge in [-0.3, -0.25) is 4.79 Å². The molecule has 1 amide bonds. The van der Waals surface area contributed by atoms with Gasteiger partial charge in [0.2, 0.25) is 0 Å². The third-order valence-corrected chi connectivity index (χ3v) is 8.00. The summed E-state index contributed by atoms with van der Waals surface area (Å²) in [5.41, 5.74) is 1.64. The summed E-state index contributed by atoms with van der Waals surface area (Å²) in [5.74, 6) is 0.672. The van der Waals surface area contributed by atoms with Crippen LogP contribution in [0.2, 0.25) is 0 Å². The fourth-order valence-corrected chi connectivity index (χ4v) is 5.55. The molecule has 2 aromatic heterocycles. The van der Waals surface area contributed by atoms with Gasteiger partial charge in [0, 0.05) is 25.0 Å². The molecule has 1 fully saturated rings. The number of benzene rings is 2. The van der Waals surface area contributed by atoms with E-state index in [2.05, 4.69) is 29.0 Å². The predicted octanol–water partition coefficient (Wildman–Crippen LogP) is 5.30. The highest BCUT2D eigenvalue weighted by Crippen LogP contribution is 2.35. The van der Waals surface area contributed by atoms with E-state index in [4.69, 9.17) is 4.42 Å². The van der Waals surface area contributed by atoms with E-state index < -0.39 is 5.60 Å². The highest BCUT2D eigenvalue weighted by molar-refractivity contribution is 7.18. The summed E-state index contributed by atoms with van der Waals surface area (Å²) < 4.78 is 6.91. The molecule has 1 unspecified atom stereocenters. The summed E-state index contributed by atoms with van der Waals surface area (Å²) in [5, 5.41) is 16.0. The average Bonchev–Trinajstić information content (AvgIpc) is 3.47. The molecule has 1 atom stereocenters. The van der Waals surface area contributed by atoms with Crippen LogP contribution in [0.3, 0.4) is 0 Å². The number of fused-ring (bicyclic) bond motifs is 2. The van der Waals surface area contributed by atoms with E-state index in [-0.39, 0.29) is 11.7 Å². The van der Waals surface area contributed by atoms with Crippen LogP contribution in [0.1, 0.15) is 54.2 Å². The van der Waals surface area contributed by atoms with Gasteiger partial charge >= 0.3 is 0 Å². The SMILES string of the molecule is CCC(C)CN1CCC(O)(c2ccc3oc(C(=O)NCc4nc5ccccc5s4)cc3c2)CC1. The van der Waals surface area contributed by atoms with Gasteiger partial charge in [0.1, 0.15) is 10.6 Å². The first-order chi connectivity index (χ1) is 16.4. The number of hydrogen-bond donors (Lipinski definition) is 2. The van der Waals surface area contributed by atoms with Gasteiger partial charge in [-0.2, -0.15) is 0 Å². The number of carbonyl (C=O) groups is 1. The molecule has 2 N–H and O–H groups in total. The number of nitrogens with one attached hydrogen (secondary N) is 1. The van der Waals surface area contributed by atoms with Crippen molar-refractivity contribution in [2.24, 2.45) is 5.92 Å². The Labute approximate surface area is 203 Å². The molecule has 0 aliphatic carbocycles. The topological polar surface area (TPSA) is 78.6 Å². The zero-order valence-electron chi connectivity index (χ0n) is 19.7. The van der Waals surface area contributed by atoms with E-state index >= 15 is 0 Å². The molecule has 0 spiro atoms. The van der Waals surface area contributed by atoms with Gasteiger partial charge in [-0.15, -0.1) is 11.3 Å². The predicted molar refractivity (Wildman–Crippen MR) is 136 cm³/mol. The van der Waals surface area contributed by atoms with Gasteiger partial charge in [0.05, 0.1) is 22.4 Å². The maximum absolute atomic E-state index is 12.7. The minimum atomic E-state index is -0.841. The molecule has 0 bridgehead atoms. The van der Waals surface area contributed by atoms with Crippen LogP contribution >= 0.6 is 11.3 Å². The van der Waals surface area contributed by atoms with Crippen LogP contribution in [0, 0.1) is 5.92 Å². The first-order valence-electron chi connectivity index (χ1n) is 12.0. The number of likely N-dealkylation sites (tertiary alicyclic amines) is 1. The van der Waals surface area contributed by atoms with E-state index in [1.54, 1.807) is 17.4 Å². The summed E-state index contributed by atoms with van der Waals surface area (Å²) in [6, 6.07) is 15.5. The van der Waals surface area contributed by atoms with Crippen LogP contribution in [0.4, 0.5) is 0 Å². The van der Waals surface area contributed by atoms with Gasteiger partial charge in [0.25, 0.3) is 5.91 Å². The van der Waals surface area contributed by atoms with Gasteiger partial charge in [0.15, 0.2) is 5.76 Å². The highest BCUT2D eigenvalue weighted by Gasteiger charge is 2.34. The molecule has 5 rings (SSSR count). The Morgan fingerprint density at radius 2 is 2.03 bits per heavy atom. The number of aliphatic hydroxyl groups is 1. The first-order valence-corrected chi connectivity index (χ1v) is 12.9. The van der Waals surface area contributed by atoms with Crippen molar-refractivity contribution < 1.29 is 14.3 Å². The Morgan fingerprint density at radius 3 is 2.79 bits per heavy atom. The van der Waals surface area contributed by atoms with Crippen molar-refractivity contribution in [3.05, 3.63) is 64.9 Å². The van der Waals surface area contributed by atoms with Crippen LogP contribution in [-0.2, 0) is 12.1 Å². The number of piperidine rings is 1. The molecule has 2 aromatic carbocycles. The largest absolute Gasteiger partial charge is 0.451 e. The molecule has 1 aliphatic rings. The lowest BCUT2D eigenvalue weighted by atomic mass is 9.84. The smallest absolute Gasteiger partial charge is 0.287 e. The molecule has 1 aliphatic heterocycles. The first kappa shape index (κ1) is 23.0. The third kappa shape index (κ3) is 4.73. The number of thiazole rings is 1. The fraction of sp³-hybridized carbons (Fsp3) is 0.407. The summed E-state index contributed by atoms with van der Waals surface area (Å²) >= 11 is 1.57. The lowest BCUT2D eigenvalue weighted by Gasteiger charge is -2.39.